The Morgan fingerprint density at radius 2 is 2.05 bits per heavy atom. The van der Waals surface area contributed by atoms with E-state index in [1.807, 2.05) is 6.07 Å². The van der Waals surface area contributed by atoms with Gasteiger partial charge in [-0.25, -0.2) is 4.79 Å². The standard InChI is InChI=1S/C15H18N2O2S/c1-16-4-6-17(7-5-16)9-12-10-20-14-8-11(15(18)19)2-3-13(12)14/h2-3,8,10H,4-7,9H2,1H3,(H,18,19). The SMILES string of the molecule is CN1CCN(Cc2csc3cc(C(=O)O)ccc23)CC1. The average Bonchev–Trinajstić information content (AvgIpc) is 2.84. The fourth-order valence-electron chi connectivity index (χ4n) is 2.59. The molecule has 1 aromatic heterocycles. The van der Waals surface area contributed by atoms with Crippen LogP contribution < -0.4 is 0 Å². The topological polar surface area (TPSA) is 43.8 Å². The zero-order chi connectivity index (χ0) is 14.1. The third-order valence-corrected chi connectivity index (χ3v) is 4.89. The number of piperazine rings is 1. The van der Waals surface area contributed by atoms with E-state index in [1.165, 1.54) is 10.9 Å². The highest BCUT2D eigenvalue weighted by Gasteiger charge is 2.16. The Hall–Kier alpha value is -1.43. The molecule has 1 aliphatic rings. The van der Waals surface area contributed by atoms with Crippen molar-refractivity contribution in [3.63, 3.8) is 0 Å². The average molecular weight is 290 g/mol. The molecule has 0 atom stereocenters. The van der Waals surface area contributed by atoms with Gasteiger partial charge in [-0.1, -0.05) is 6.07 Å². The number of carbonyl (C=O) groups is 1. The normalized spacial score (nSPS) is 17.6. The molecule has 2 aromatic rings. The van der Waals surface area contributed by atoms with Crippen LogP contribution in [0.1, 0.15) is 15.9 Å². The lowest BCUT2D eigenvalue weighted by molar-refractivity contribution is 0.0697. The van der Waals surface area contributed by atoms with Crippen molar-refractivity contribution < 1.29 is 9.90 Å². The predicted molar refractivity (Wildman–Crippen MR) is 81.6 cm³/mol. The fourth-order valence-corrected chi connectivity index (χ4v) is 3.58. The van der Waals surface area contributed by atoms with E-state index in [-0.39, 0.29) is 0 Å². The Morgan fingerprint density at radius 1 is 1.30 bits per heavy atom. The minimum Gasteiger partial charge on any atom is -0.478 e. The van der Waals surface area contributed by atoms with Gasteiger partial charge in [0, 0.05) is 37.4 Å². The second kappa shape index (κ2) is 5.52. The first-order chi connectivity index (χ1) is 9.63. The monoisotopic (exact) mass is 290 g/mol. The van der Waals surface area contributed by atoms with Crippen LogP contribution in [0.25, 0.3) is 10.1 Å². The first-order valence-corrected chi connectivity index (χ1v) is 7.66. The summed E-state index contributed by atoms with van der Waals surface area (Å²) in [5.41, 5.74) is 1.68. The molecule has 0 spiro atoms. The number of thiophene rings is 1. The lowest BCUT2D eigenvalue weighted by atomic mass is 10.1. The molecule has 0 amide bonds. The van der Waals surface area contributed by atoms with E-state index >= 15 is 0 Å². The van der Waals surface area contributed by atoms with E-state index in [0.717, 1.165) is 37.4 Å². The third kappa shape index (κ3) is 2.70. The number of rotatable bonds is 3. The molecule has 4 nitrogen and oxygen atoms in total. The van der Waals surface area contributed by atoms with Crippen molar-refractivity contribution in [1.82, 2.24) is 9.80 Å². The number of aromatic carboxylic acids is 1. The quantitative estimate of drug-likeness (QED) is 0.942. The number of nitrogens with zero attached hydrogens (tertiary/aromatic N) is 2. The van der Waals surface area contributed by atoms with Gasteiger partial charge in [0.2, 0.25) is 0 Å². The van der Waals surface area contributed by atoms with Crippen LogP contribution in [-0.2, 0) is 6.54 Å². The van der Waals surface area contributed by atoms with Crippen LogP contribution in [-0.4, -0.2) is 54.1 Å². The smallest absolute Gasteiger partial charge is 0.335 e. The van der Waals surface area contributed by atoms with Gasteiger partial charge < -0.3 is 10.0 Å². The number of fused-ring (bicyclic) bond motifs is 1. The highest BCUT2D eigenvalue weighted by molar-refractivity contribution is 7.17. The van der Waals surface area contributed by atoms with Crippen molar-refractivity contribution in [2.75, 3.05) is 33.2 Å². The summed E-state index contributed by atoms with van der Waals surface area (Å²) in [4.78, 5) is 15.8. The van der Waals surface area contributed by atoms with E-state index in [4.69, 9.17) is 5.11 Å². The first kappa shape index (κ1) is 13.5. The van der Waals surface area contributed by atoms with Crippen molar-refractivity contribution in [3.8, 4) is 0 Å². The lowest BCUT2D eigenvalue weighted by Crippen LogP contribution is -2.43. The summed E-state index contributed by atoms with van der Waals surface area (Å²) in [7, 11) is 2.16. The Balaban J connectivity index is 1.80. The van der Waals surface area contributed by atoms with Crippen LogP contribution in [0.5, 0.6) is 0 Å². The van der Waals surface area contributed by atoms with Gasteiger partial charge in [0.25, 0.3) is 0 Å². The molecule has 1 aromatic carbocycles. The summed E-state index contributed by atoms with van der Waals surface area (Å²) in [5.74, 6) is -0.860. The molecule has 0 saturated carbocycles. The van der Waals surface area contributed by atoms with Gasteiger partial charge in [-0.2, -0.15) is 0 Å². The van der Waals surface area contributed by atoms with E-state index in [1.54, 1.807) is 23.5 Å². The van der Waals surface area contributed by atoms with Crippen molar-refractivity contribution in [2.24, 2.45) is 0 Å². The second-order valence-corrected chi connectivity index (χ2v) is 6.27. The van der Waals surface area contributed by atoms with Gasteiger partial charge in [0.05, 0.1) is 5.56 Å². The molecular formula is C15H18N2O2S. The van der Waals surface area contributed by atoms with Crippen LogP contribution in [0, 0.1) is 0 Å². The number of likely N-dealkylation sites (N-methyl/N-ethyl adjacent to an activating group) is 1. The Morgan fingerprint density at radius 3 is 2.75 bits per heavy atom. The summed E-state index contributed by atoms with van der Waals surface area (Å²) in [6.45, 7) is 5.39. The fraction of sp³-hybridized carbons (Fsp3) is 0.400. The minimum absolute atomic E-state index is 0.366. The number of hydrogen-bond acceptors (Lipinski definition) is 4. The summed E-state index contributed by atoms with van der Waals surface area (Å²) in [6, 6.07) is 5.42. The van der Waals surface area contributed by atoms with Crippen LogP contribution >= 0.6 is 11.3 Å². The van der Waals surface area contributed by atoms with Gasteiger partial charge >= 0.3 is 5.97 Å². The van der Waals surface area contributed by atoms with Gasteiger partial charge in [0.15, 0.2) is 0 Å². The zero-order valence-corrected chi connectivity index (χ0v) is 12.3. The van der Waals surface area contributed by atoms with Crippen molar-refractivity contribution >= 4 is 27.4 Å². The van der Waals surface area contributed by atoms with Crippen LogP contribution in [0.15, 0.2) is 23.6 Å². The minimum atomic E-state index is -0.860. The molecular weight excluding hydrogens is 272 g/mol. The molecule has 3 rings (SSSR count). The van der Waals surface area contributed by atoms with E-state index < -0.39 is 5.97 Å². The van der Waals surface area contributed by atoms with Crippen LogP contribution in [0.3, 0.4) is 0 Å². The molecule has 1 N–H and O–H groups in total. The molecule has 1 aliphatic heterocycles. The molecule has 1 saturated heterocycles. The summed E-state index contributed by atoms with van der Waals surface area (Å²) >= 11 is 1.63. The Kier molecular flexibility index (Phi) is 3.74. The first-order valence-electron chi connectivity index (χ1n) is 6.78. The maximum absolute atomic E-state index is 11.0. The molecule has 0 bridgehead atoms. The van der Waals surface area contributed by atoms with Gasteiger partial charge in [0.1, 0.15) is 0 Å². The number of carboxylic acid groups (broad SMARTS) is 1. The maximum Gasteiger partial charge on any atom is 0.335 e. The van der Waals surface area contributed by atoms with E-state index in [0.29, 0.717) is 5.56 Å². The number of hydrogen-bond donors (Lipinski definition) is 1. The summed E-state index contributed by atoms with van der Waals surface area (Å²) in [5, 5.41) is 12.4. The molecule has 106 valence electrons. The lowest BCUT2D eigenvalue weighted by Gasteiger charge is -2.32. The van der Waals surface area contributed by atoms with E-state index in [2.05, 4.69) is 22.2 Å². The van der Waals surface area contributed by atoms with Crippen molar-refractivity contribution in [3.05, 3.63) is 34.7 Å². The molecule has 0 radical (unpaired) electrons. The number of carboxylic acids is 1. The third-order valence-electron chi connectivity index (χ3n) is 3.89. The maximum atomic E-state index is 11.0. The second-order valence-electron chi connectivity index (χ2n) is 5.36. The molecule has 2 heterocycles. The van der Waals surface area contributed by atoms with Gasteiger partial charge in [-0.3, -0.25) is 4.90 Å². The molecule has 1 fully saturated rings. The molecule has 5 heteroatoms. The largest absolute Gasteiger partial charge is 0.478 e. The molecule has 0 unspecified atom stereocenters. The van der Waals surface area contributed by atoms with Crippen LogP contribution in [0.2, 0.25) is 0 Å². The Labute approximate surface area is 122 Å². The highest BCUT2D eigenvalue weighted by atomic mass is 32.1. The van der Waals surface area contributed by atoms with Crippen LogP contribution in [0.4, 0.5) is 0 Å². The molecule has 0 aliphatic carbocycles. The zero-order valence-electron chi connectivity index (χ0n) is 11.5. The number of benzene rings is 1. The molecule has 20 heavy (non-hydrogen) atoms. The Bertz CT molecular complexity index is 630. The summed E-state index contributed by atoms with van der Waals surface area (Å²) < 4.78 is 1.06. The van der Waals surface area contributed by atoms with Crippen molar-refractivity contribution in [2.45, 2.75) is 6.54 Å². The van der Waals surface area contributed by atoms with Gasteiger partial charge in [-0.15, -0.1) is 11.3 Å². The highest BCUT2D eigenvalue weighted by Crippen LogP contribution is 2.28. The van der Waals surface area contributed by atoms with Gasteiger partial charge in [-0.05, 0) is 35.5 Å². The predicted octanol–water partition coefficient (Wildman–Crippen LogP) is 2.35. The summed E-state index contributed by atoms with van der Waals surface area (Å²) in [6.07, 6.45) is 0. The van der Waals surface area contributed by atoms with Crippen molar-refractivity contribution in [1.29, 1.82) is 0 Å². The van der Waals surface area contributed by atoms with E-state index in [9.17, 15) is 4.79 Å².